The monoisotopic (exact) mass is 641 g/mol. The number of amides is 1. The van der Waals surface area contributed by atoms with Crippen molar-refractivity contribution in [2.75, 3.05) is 46.0 Å². The first-order valence-electron chi connectivity index (χ1n) is 14.7. The summed E-state index contributed by atoms with van der Waals surface area (Å²) in [5, 5.41) is 0.328. The minimum absolute atomic E-state index is 0. The van der Waals surface area contributed by atoms with Crippen LogP contribution < -0.4 is 15.0 Å². The second kappa shape index (κ2) is 15.2. The summed E-state index contributed by atoms with van der Waals surface area (Å²) in [4.78, 5) is 40.8. The molecule has 1 saturated heterocycles. The average Bonchev–Trinajstić information content (AvgIpc) is 3.02. The van der Waals surface area contributed by atoms with Gasteiger partial charge in [0.1, 0.15) is 17.3 Å². The minimum Gasteiger partial charge on any atom is -0.494 e. The Morgan fingerprint density at radius 3 is 2.37 bits per heavy atom. The standard InChI is InChI=1S/C32H34F3N5O5.CH4/c1-3-44-25-12-8-24(9-13-25)40-30(37-29-27(31(40)42)5-4-14-36-29)22(2)39(16-15-38-17-19-43-20-18-38)28(41)21-23-6-10-26(11-7-23)45-32(33,34)35;/h4-14,22H,3,15-21H2,1-2H3;1H4/t22-;/m1./s1. The van der Waals surface area contributed by atoms with Gasteiger partial charge in [-0.25, -0.2) is 9.97 Å². The Balaban J connectivity index is 0.00000480. The number of morpholine rings is 1. The molecule has 0 bridgehead atoms. The van der Waals surface area contributed by atoms with Crippen molar-refractivity contribution in [1.82, 2.24) is 24.3 Å². The lowest BCUT2D eigenvalue weighted by Gasteiger charge is -2.34. The van der Waals surface area contributed by atoms with E-state index in [1.54, 1.807) is 54.4 Å². The largest absolute Gasteiger partial charge is 0.573 e. The van der Waals surface area contributed by atoms with Gasteiger partial charge in [-0.2, -0.15) is 0 Å². The molecule has 246 valence electrons. The lowest BCUT2D eigenvalue weighted by molar-refractivity contribution is -0.274. The van der Waals surface area contributed by atoms with Gasteiger partial charge in [0.2, 0.25) is 5.91 Å². The van der Waals surface area contributed by atoms with E-state index in [1.807, 2.05) is 6.92 Å². The number of ether oxygens (including phenoxy) is 3. The van der Waals surface area contributed by atoms with Crippen LogP contribution in [-0.2, 0) is 16.0 Å². The summed E-state index contributed by atoms with van der Waals surface area (Å²) in [6, 6.07) is 14.9. The van der Waals surface area contributed by atoms with Crippen molar-refractivity contribution >= 4 is 16.9 Å². The maximum Gasteiger partial charge on any atom is 0.573 e. The molecule has 0 radical (unpaired) electrons. The molecule has 1 fully saturated rings. The highest BCUT2D eigenvalue weighted by atomic mass is 19.4. The maximum absolute atomic E-state index is 14.0. The molecule has 3 heterocycles. The van der Waals surface area contributed by atoms with E-state index < -0.39 is 12.4 Å². The van der Waals surface area contributed by atoms with E-state index in [0.29, 0.717) is 74.2 Å². The van der Waals surface area contributed by atoms with Crippen LogP contribution >= 0.6 is 0 Å². The van der Waals surface area contributed by atoms with Crippen LogP contribution in [0.2, 0.25) is 0 Å². The fourth-order valence-electron chi connectivity index (χ4n) is 5.26. The van der Waals surface area contributed by atoms with Crippen LogP contribution in [0, 0.1) is 0 Å². The summed E-state index contributed by atoms with van der Waals surface area (Å²) in [6.45, 7) is 7.65. The fourth-order valence-corrected chi connectivity index (χ4v) is 5.26. The van der Waals surface area contributed by atoms with Crippen molar-refractivity contribution in [3.63, 3.8) is 0 Å². The Morgan fingerprint density at radius 2 is 1.72 bits per heavy atom. The molecule has 2 aromatic carbocycles. The summed E-state index contributed by atoms with van der Waals surface area (Å²) >= 11 is 0. The Labute approximate surface area is 265 Å². The van der Waals surface area contributed by atoms with E-state index in [0.717, 1.165) is 0 Å². The molecule has 1 atom stereocenters. The predicted molar refractivity (Wildman–Crippen MR) is 167 cm³/mol. The van der Waals surface area contributed by atoms with Crippen LogP contribution in [0.4, 0.5) is 13.2 Å². The molecular weight excluding hydrogens is 603 g/mol. The summed E-state index contributed by atoms with van der Waals surface area (Å²) in [6.07, 6.45) is -3.35. The van der Waals surface area contributed by atoms with Gasteiger partial charge in [-0.15, -0.1) is 13.2 Å². The summed E-state index contributed by atoms with van der Waals surface area (Å²) < 4.78 is 54.4. The Kier molecular flexibility index (Phi) is 11.4. The van der Waals surface area contributed by atoms with E-state index in [9.17, 15) is 22.8 Å². The molecule has 1 amide bonds. The van der Waals surface area contributed by atoms with Crippen molar-refractivity contribution in [3.05, 3.63) is 88.6 Å². The van der Waals surface area contributed by atoms with Crippen LogP contribution in [0.3, 0.4) is 0 Å². The van der Waals surface area contributed by atoms with Crippen LogP contribution in [0.1, 0.15) is 38.7 Å². The van der Waals surface area contributed by atoms with Crippen LogP contribution in [-0.4, -0.2) is 82.6 Å². The SMILES string of the molecule is C.CCOc1ccc(-n2c([C@@H](C)N(CCN3CCOCC3)C(=O)Cc3ccc(OC(F)(F)F)cc3)nc3ncccc3c2=O)cc1. The molecule has 0 aliphatic carbocycles. The highest BCUT2D eigenvalue weighted by Gasteiger charge is 2.31. The number of carbonyl (C=O) groups is 1. The van der Waals surface area contributed by atoms with Gasteiger partial charge in [-0.3, -0.25) is 19.1 Å². The molecule has 0 spiro atoms. The minimum atomic E-state index is -4.82. The molecule has 1 aliphatic heterocycles. The third-order valence-corrected chi connectivity index (χ3v) is 7.51. The van der Waals surface area contributed by atoms with Gasteiger partial charge in [0.15, 0.2) is 5.65 Å². The Bertz CT molecular complexity index is 1660. The molecule has 4 aromatic rings. The number of hydrogen-bond donors (Lipinski definition) is 0. The molecule has 13 heteroatoms. The third-order valence-electron chi connectivity index (χ3n) is 7.51. The van der Waals surface area contributed by atoms with Gasteiger partial charge in [-0.05, 0) is 67.9 Å². The molecular formula is C33H38F3N5O5. The van der Waals surface area contributed by atoms with E-state index in [-0.39, 0.29) is 36.7 Å². The molecule has 0 unspecified atom stereocenters. The number of pyridine rings is 1. The van der Waals surface area contributed by atoms with Gasteiger partial charge in [-0.1, -0.05) is 19.6 Å². The topological polar surface area (TPSA) is 99.0 Å². The normalized spacial score (nSPS) is 14.4. The number of rotatable bonds is 11. The lowest BCUT2D eigenvalue weighted by atomic mass is 10.1. The number of benzene rings is 2. The number of alkyl halides is 3. The second-order valence-electron chi connectivity index (χ2n) is 10.5. The van der Waals surface area contributed by atoms with Gasteiger partial charge < -0.3 is 19.1 Å². The molecule has 0 saturated carbocycles. The molecule has 1 aliphatic rings. The zero-order valence-corrected chi connectivity index (χ0v) is 25.0. The van der Waals surface area contributed by atoms with Crippen molar-refractivity contribution < 1.29 is 32.2 Å². The fraction of sp³-hybridized carbons (Fsp3) is 0.394. The quantitative estimate of drug-likeness (QED) is 0.221. The van der Waals surface area contributed by atoms with Gasteiger partial charge in [0.05, 0.1) is 43.4 Å². The highest BCUT2D eigenvalue weighted by Crippen LogP contribution is 2.26. The third kappa shape index (κ3) is 8.40. The molecule has 5 rings (SSSR count). The van der Waals surface area contributed by atoms with Crippen molar-refractivity contribution in [2.24, 2.45) is 0 Å². The van der Waals surface area contributed by atoms with Crippen LogP contribution in [0.25, 0.3) is 16.7 Å². The number of fused-ring (bicyclic) bond motifs is 1. The summed E-state index contributed by atoms with van der Waals surface area (Å²) in [5.74, 6) is 0.310. The lowest BCUT2D eigenvalue weighted by Crippen LogP contribution is -2.45. The van der Waals surface area contributed by atoms with E-state index in [1.165, 1.54) is 28.8 Å². The first-order chi connectivity index (χ1) is 21.6. The average molecular weight is 642 g/mol. The Hall–Kier alpha value is -4.49. The molecule has 0 N–H and O–H groups in total. The summed E-state index contributed by atoms with van der Waals surface area (Å²) in [7, 11) is 0. The summed E-state index contributed by atoms with van der Waals surface area (Å²) in [5.41, 5.74) is 0.979. The zero-order valence-electron chi connectivity index (χ0n) is 25.0. The first-order valence-corrected chi connectivity index (χ1v) is 14.7. The second-order valence-corrected chi connectivity index (χ2v) is 10.5. The predicted octanol–water partition coefficient (Wildman–Crippen LogP) is 5.18. The van der Waals surface area contributed by atoms with Gasteiger partial charge in [0, 0.05) is 32.4 Å². The van der Waals surface area contributed by atoms with Gasteiger partial charge >= 0.3 is 6.36 Å². The maximum atomic E-state index is 14.0. The first kappa shape index (κ1) is 34.4. The number of carbonyl (C=O) groups excluding carboxylic acids is 1. The number of nitrogens with zero attached hydrogens (tertiary/aromatic N) is 5. The van der Waals surface area contributed by atoms with Crippen LogP contribution in [0.15, 0.2) is 71.7 Å². The van der Waals surface area contributed by atoms with Crippen molar-refractivity contribution in [1.29, 1.82) is 0 Å². The zero-order chi connectivity index (χ0) is 32.0. The Morgan fingerprint density at radius 1 is 1.04 bits per heavy atom. The number of aromatic nitrogens is 3. The van der Waals surface area contributed by atoms with Crippen molar-refractivity contribution in [2.45, 2.75) is 40.1 Å². The van der Waals surface area contributed by atoms with E-state index in [2.05, 4.69) is 14.6 Å². The molecule has 2 aromatic heterocycles. The van der Waals surface area contributed by atoms with E-state index in [4.69, 9.17) is 14.5 Å². The molecule has 10 nitrogen and oxygen atoms in total. The van der Waals surface area contributed by atoms with Gasteiger partial charge in [0.25, 0.3) is 5.56 Å². The smallest absolute Gasteiger partial charge is 0.494 e. The number of hydrogen-bond acceptors (Lipinski definition) is 8. The van der Waals surface area contributed by atoms with Crippen molar-refractivity contribution in [3.8, 4) is 17.2 Å². The van der Waals surface area contributed by atoms with Crippen LogP contribution in [0.5, 0.6) is 11.5 Å². The number of halogens is 3. The highest BCUT2D eigenvalue weighted by molar-refractivity contribution is 5.79. The molecule has 46 heavy (non-hydrogen) atoms. The van der Waals surface area contributed by atoms with E-state index >= 15 is 0 Å².